The highest BCUT2D eigenvalue weighted by Gasteiger charge is 2.19. The van der Waals surface area contributed by atoms with E-state index in [1.165, 1.54) is 17.3 Å². The first-order valence-corrected chi connectivity index (χ1v) is 13.1. The van der Waals surface area contributed by atoms with Crippen molar-refractivity contribution >= 4 is 35.0 Å². The molecular formula is C28H29ClN4O2S. The first-order chi connectivity index (χ1) is 17.3. The Morgan fingerprint density at radius 3 is 2.33 bits per heavy atom. The van der Waals surface area contributed by atoms with Gasteiger partial charge in [-0.25, -0.2) is 0 Å². The molecule has 1 aromatic heterocycles. The van der Waals surface area contributed by atoms with Crippen molar-refractivity contribution in [2.75, 3.05) is 17.7 Å². The maximum atomic E-state index is 12.6. The normalized spacial score (nSPS) is 11.4. The molecule has 0 aliphatic carbocycles. The summed E-state index contributed by atoms with van der Waals surface area (Å²) in [5.41, 5.74) is 3.70. The number of nitrogens with one attached hydrogen (secondary N) is 1. The number of rotatable bonds is 8. The predicted molar refractivity (Wildman–Crippen MR) is 147 cm³/mol. The van der Waals surface area contributed by atoms with Crippen LogP contribution in [-0.2, 0) is 10.2 Å². The van der Waals surface area contributed by atoms with E-state index in [4.69, 9.17) is 16.3 Å². The number of nitrogens with zero attached hydrogens (tertiary/aromatic N) is 3. The summed E-state index contributed by atoms with van der Waals surface area (Å²) < 4.78 is 7.57. The summed E-state index contributed by atoms with van der Waals surface area (Å²) in [4.78, 5) is 12.6. The minimum atomic E-state index is -0.176. The molecule has 4 rings (SSSR count). The van der Waals surface area contributed by atoms with Gasteiger partial charge < -0.3 is 10.1 Å². The molecule has 36 heavy (non-hydrogen) atoms. The van der Waals surface area contributed by atoms with Crippen LogP contribution in [0.2, 0.25) is 5.02 Å². The Hall–Kier alpha value is -3.29. The topological polar surface area (TPSA) is 69.0 Å². The van der Waals surface area contributed by atoms with Crippen molar-refractivity contribution in [1.29, 1.82) is 0 Å². The third-order valence-corrected chi connectivity index (χ3v) is 6.79. The summed E-state index contributed by atoms with van der Waals surface area (Å²) in [5.74, 6) is 1.47. The standard InChI is InChI=1S/C28H29ClN4O2S/c1-5-35-22-16-14-21(15-17-22)33-26(19-10-12-20(13-11-19)28(2,3)4)31-32-27(33)36-18-25(34)30-24-9-7-6-8-23(24)29/h6-17H,5,18H2,1-4H3,(H,30,34). The molecule has 1 amide bonds. The van der Waals surface area contributed by atoms with Crippen LogP contribution in [0.4, 0.5) is 5.69 Å². The molecule has 0 bridgehead atoms. The third-order valence-electron chi connectivity index (χ3n) is 5.53. The van der Waals surface area contributed by atoms with Crippen molar-refractivity contribution < 1.29 is 9.53 Å². The highest BCUT2D eigenvalue weighted by molar-refractivity contribution is 7.99. The lowest BCUT2D eigenvalue weighted by molar-refractivity contribution is -0.113. The van der Waals surface area contributed by atoms with E-state index < -0.39 is 0 Å². The fourth-order valence-corrected chi connectivity index (χ4v) is 4.57. The number of ether oxygens (including phenoxy) is 1. The van der Waals surface area contributed by atoms with Gasteiger partial charge in [-0.1, -0.05) is 80.5 Å². The molecule has 0 saturated heterocycles. The Labute approximate surface area is 221 Å². The molecule has 0 radical (unpaired) electrons. The van der Waals surface area contributed by atoms with Crippen LogP contribution < -0.4 is 10.1 Å². The average Bonchev–Trinajstić information content (AvgIpc) is 3.28. The number of benzene rings is 3. The predicted octanol–water partition coefficient (Wildman–Crippen LogP) is 7.01. The third kappa shape index (κ3) is 6.09. The monoisotopic (exact) mass is 520 g/mol. The summed E-state index contributed by atoms with van der Waals surface area (Å²) in [6, 6.07) is 23.3. The molecule has 186 valence electrons. The van der Waals surface area contributed by atoms with Gasteiger partial charge in [0.05, 0.1) is 23.1 Å². The number of hydrogen-bond donors (Lipinski definition) is 1. The summed E-state index contributed by atoms with van der Waals surface area (Å²) >= 11 is 7.49. The second-order valence-corrected chi connectivity index (χ2v) is 10.6. The van der Waals surface area contributed by atoms with E-state index in [0.29, 0.717) is 28.3 Å². The molecule has 0 aliphatic heterocycles. The number of amides is 1. The van der Waals surface area contributed by atoms with Crippen molar-refractivity contribution in [3.8, 4) is 22.8 Å². The Balaban J connectivity index is 1.63. The number of thioether (sulfide) groups is 1. The van der Waals surface area contributed by atoms with E-state index in [-0.39, 0.29) is 17.1 Å². The molecule has 0 atom stereocenters. The van der Waals surface area contributed by atoms with Gasteiger partial charge in [-0.2, -0.15) is 0 Å². The molecular weight excluding hydrogens is 492 g/mol. The Morgan fingerprint density at radius 2 is 1.69 bits per heavy atom. The fourth-order valence-electron chi connectivity index (χ4n) is 3.64. The van der Waals surface area contributed by atoms with Gasteiger partial charge in [0.25, 0.3) is 0 Å². The van der Waals surface area contributed by atoms with E-state index in [1.807, 2.05) is 47.9 Å². The zero-order chi connectivity index (χ0) is 25.7. The molecule has 0 unspecified atom stereocenters. The Morgan fingerprint density at radius 1 is 1.00 bits per heavy atom. The summed E-state index contributed by atoms with van der Waals surface area (Å²) in [6.45, 7) is 9.11. The molecule has 1 N–H and O–H groups in total. The van der Waals surface area contributed by atoms with Gasteiger partial charge in [0.2, 0.25) is 5.91 Å². The van der Waals surface area contributed by atoms with Gasteiger partial charge >= 0.3 is 0 Å². The van der Waals surface area contributed by atoms with Crippen LogP contribution in [0.3, 0.4) is 0 Å². The Kier molecular flexibility index (Phi) is 8.01. The maximum absolute atomic E-state index is 12.6. The molecule has 0 aliphatic rings. The van der Waals surface area contributed by atoms with E-state index >= 15 is 0 Å². The lowest BCUT2D eigenvalue weighted by Gasteiger charge is -2.19. The number of para-hydroxylation sites is 1. The molecule has 3 aromatic carbocycles. The number of halogens is 1. The van der Waals surface area contributed by atoms with Gasteiger partial charge in [0, 0.05) is 11.3 Å². The molecule has 0 saturated carbocycles. The Bertz CT molecular complexity index is 1330. The van der Waals surface area contributed by atoms with E-state index in [2.05, 4.69) is 60.6 Å². The number of anilines is 1. The molecule has 4 aromatic rings. The van der Waals surface area contributed by atoms with Crippen LogP contribution in [0.25, 0.3) is 17.1 Å². The SMILES string of the molecule is CCOc1ccc(-n2c(SCC(=O)Nc3ccccc3Cl)nnc2-c2ccc(C(C)(C)C)cc2)cc1. The van der Waals surface area contributed by atoms with E-state index in [1.54, 1.807) is 12.1 Å². The van der Waals surface area contributed by atoms with Gasteiger partial charge in [0.1, 0.15) is 5.75 Å². The van der Waals surface area contributed by atoms with Crippen LogP contribution in [0.5, 0.6) is 5.75 Å². The lowest BCUT2D eigenvalue weighted by atomic mass is 9.87. The average molecular weight is 521 g/mol. The van der Waals surface area contributed by atoms with Gasteiger partial charge in [-0.15, -0.1) is 10.2 Å². The van der Waals surface area contributed by atoms with Gasteiger partial charge in [0.15, 0.2) is 11.0 Å². The summed E-state index contributed by atoms with van der Waals surface area (Å²) in [5, 5.41) is 12.9. The largest absolute Gasteiger partial charge is 0.494 e. The zero-order valence-electron chi connectivity index (χ0n) is 20.8. The first-order valence-electron chi connectivity index (χ1n) is 11.7. The first kappa shape index (κ1) is 25.8. The minimum Gasteiger partial charge on any atom is -0.494 e. The highest BCUT2D eigenvalue weighted by atomic mass is 35.5. The van der Waals surface area contributed by atoms with Crippen molar-refractivity contribution in [3.63, 3.8) is 0 Å². The molecule has 0 spiro atoms. The van der Waals surface area contributed by atoms with Crippen molar-refractivity contribution in [2.24, 2.45) is 0 Å². The number of hydrogen-bond acceptors (Lipinski definition) is 5. The van der Waals surface area contributed by atoms with E-state index in [0.717, 1.165) is 17.0 Å². The van der Waals surface area contributed by atoms with Gasteiger partial charge in [-0.3, -0.25) is 9.36 Å². The molecule has 6 nitrogen and oxygen atoms in total. The molecule has 8 heteroatoms. The smallest absolute Gasteiger partial charge is 0.234 e. The van der Waals surface area contributed by atoms with Crippen LogP contribution in [0, 0.1) is 0 Å². The second kappa shape index (κ2) is 11.2. The lowest BCUT2D eigenvalue weighted by Crippen LogP contribution is -2.14. The van der Waals surface area contributed by atoms with Crippen LogP contribution in [-0.4, -0.2) is 33.0 Å². The summed E-state index contributed by atoms with van der Waals surface area (Å²) in [6.07, 6.45) is 0. The number of aromatic nitrogens is 3. The summed E-state index contributed by atoms with van der Waals surface area (Å²) in [7, 11) is 0. The molecule has 0 fully saturated rings. The van der Waals surface area contributed by atoms with Crippen LogP contribution >= 0.6 is 23.4 Å². The number of carbonyl (C=O) groups excluding carboxylic acids is 1. The molecule has 1 heterocycles. The van der Waals surface area contributed by atoms with Crippen molar-refractivity contribution in [1.82, 2.24) is 14.8 Å². The van der Waals surface area contributed by atoms with Crippen molar-refractivity contribution in [3.05, 3.63) is 83.4 Å². The van der Waals surface area contributed by atoms with Crippen molar-refractivity contribution in [2.45, 2.75) is 38.3 Å². The highest BCUT2D eigenvalue weighted by Crippen LogP contribution is 2.31. The zero-order valence-corrected chi connectivity index (χ0v) is 22.4. The van der Waals surface area contributed by atoms with Crippen LogP contribution in [0.1, 0.15) is 33.3 Å². The van der Waals surface area contributed by atoms with Gasteiger partial charge in [-0.05, 0) is 54.3 Å². The maximum Gasteiger partial charge on any atom is 0.234 e. The quantitative estimate of drug-likeness (QED) is 0.253. The van der Waals surface area contributed by atoms with E-state index in [9.17, 15) is 4.79 Å². The number of carbonyl (C=O) groups is 1. The minimum absolute atomic E-state index is 0.0529. The second-order valence-electron chi connectivity index (χ2n) is 9.21. The fraction of sp³-hybridized carbons (Fsp3) is 0.250. The van der Waals surface area contributed by atoms with Crippen LogP contribution in [0.15, 0.2) is 78.0 Å².